The lowest BCUT2D eigenvalue weighted by Gasteiger charge is -2.32. The highest BCUT2D eigenvalue weighted by molar-refractivity contribution is 7.25. The molecule has 0 radical (unpaired) electrons. The van der Waals surface area contributed by atoms with Gasteiger partial charge in [0.25, 0.3) is 0 Å². The Labute approximate surface area is 129 Å². The van der Waals surface area contributed by atoms with E-state index in [1.54, 1.807) is 11.3 Å². The number of hydrogen-bond acceptors (Lipinski definition) is 5. The van der Waals surface area contributed by atoms with Gasteiger partial charge in [0.1, 0.15) is 5.82 Å². The first-order valence-electron chi connectivity index (χ1n) is 7.03. The van der Waals surface area contributed by atoms with Crippen molar-refractivity contribution in [1.29, 1.82) is 0 Å². The van der Waals surface area contributed by atoms with Crippen molar-refractivity contribution in [2.24, 2.45) is 0 Å². The molecular weight excluding hydrogens is 283 g/mol. The Balaban J connectivity index is 1.85. The highest BCUT2D eigenvalue weighted by Crippen LogP contribution is 2.37. The quantitative estimate of drug-likeness (QED) is 0.800. The molecule has 1 fully saturated rings. The molecule has 1 saturated heterocycles. The Morgan fingerprint density at radius 3 is 2.14 bits per heavy atom. The molecule has 6 heteroatoms. The molecule has 2 aromatic heterocycles. The highest BCUT2D eigenvalue weighted by atomic mass is 32.1. The second kappa shape index (κ2) is 4.90. The van der Waals surface area contributed by atoms with Crippen molar-refractivity contribution in [3.63, 3.8) is 0 Å². The summed E-state index contributed by atoms with van der Waals surface area (Å²) >= 11 is 1.66. The minimum Gasteiger partial charge on any atom is -0.399 e. The van der Waals surface area contributed by atoms with E-state index < -0.39 is 0 Å². The van der Waals surface area contributed by atoms with Crippen molar-refractivity contribution in [2.45, 2.75) is 45.8 Å². The number of rotatable bonds is 2. The molecule has 4 nitrogen and oxygen atoms in total. The first-order valence-corrected chi connectivity index (χ1v) is 7.84. The predicted octanol–water partition coefficient (Wildman–Crippen LogP) is 2.81. The van der Waals surface area contributed by atoms with Crippen LogP contribution in [-0.4, -0.2) is 28.3 Å². The molecular formula is C15H19BN2O2S. The van der Waals surface area contributed by atoms with Crippen LogP contribution in [0.1, 0.15) is 33.5 Å². The Kier molecular flexibility index (Phi) is 3.43. The van der Waals surface area contributed by atoms with Gasteiger partial charge in [-0.1, -0.05) is 6.07 Å². The molecule has 3 rings (SSSR count). The van der Waals surface area contributed by atoms with Crippen LogP contribution < -0.4 is 4.78 Å². The molecule has 0 unspecified atom stereocenters. The topological polar surface area (TPSA) is 44.2 Å². The Hall–Kier alpha value is -1.24. The van der Waals surface area contributed by atoms with Crippen LogP contribution in [0.25, 0.3) is 10.4 Å². The Bertz CT molecular complexity index is 636. The van der Waals surface area contributed by atoms with Gasteiger partial charge in [-0.3, -0.25) is 0 Å². The zero-order valence-electron chi connectivity index (χ0n) is 13.0. The smallest absolute Gasteiger partial charge is 0.399 e. The summed E-state index contributed by atoms with van der Waals surface area (Å²) in [5.41, 5.74) is 0.400. The second-order valence-electron chi connectivity index (χ2n) is 6.31. The molecule has 0 saturated carbocycles. The van der Waals surface area contributed by atoms with Crippen LogP contribution in [0.15, 0.2) is 24.5 Å². The van der Waals surface area contributed by atoms with Gasteiger partial charge in [0.2, 0.25) is 0 Å². The number of hydrogen-bond donors (Lipinski definition) is 0. The summed E-state index contributed by atoms with van der Waals surface area (Å²) in [5.74, 6) is 0.779. The maximum Gasteiger partial charge on any atom is 0.505 e. The molecule has 0 spiro atoms. The van der Waals surface area contributed by atoms with Crippen molar-refractivity contribution in [2.75, 3.05) is 0 Å². The molecule has 0 bridgehead atoms. The van der Waals surface area contributed by atoms with E-state index in [9.17, 15) is 0 Å². The normalized spacial score (nSPS) is 20.0. The van der Waals surface area contributed by atoms with E-state index >= 15 is 0 Å². The largest absolute Gasteiger partial charge is 0.505 e. The fourth-order valence-electron chi connectivity index (χ4n) is 2.11. The summed E-state index contributed by atoms with van der Waals surface area (Å²) in [6.07, 6.45) is 3.70. The van der Waals surface area contributed by atoms with E-state index in [4.69, 9.17) is 9.31 Å². The van der Waals surface area contributed by atoms with Crippen LogP contribution in [0.5, 0.6) is 0 Å². The first-order chi connectivity index (χ1) is 9.78. The molecule has 3 heterocycles. The van der Waals surface area contributed by atoms with Gasteiger partial charge < -0.3 is 9.31 Å². The van der Waals surface area contributed by atoms with Crippen LogP contribution in [0.3, 0.4) is 0 Å². The third-order valence-electron chi connectivity index (χ3n) is 4.18. The molecule has 0 atom stereocenters. The van der Waals surface area contributed by atoms with Gasteiger partial charge >= 0.3 is 7.12 Å². The van der Waals surface area contributed by atoms with Crippen LogP contribution >= 0.6 is 11.3 Å². The molecule has 0 aromatic carbocycles. The monoisotopic (exact) mass is 302 g/mol. The van der Waals surface area contributed by atoms with Crippen molar-refractivity contribution < 1.29 is 9.31 Å². The van der Waals surface area contributed by atoms with E-state index in [-0.39, 0.29) is 18.3 Å². The third-order valence-corrected chi connectivity index (χ3v) is 5.33. The van der Waals surface area contributed by atoms with Crippen LogP contribution in [0.4, 0.5) is 0 Å². The summed E-state index contributed by atoms with van der Waals surface area (Å²) in [7, 11) is -0.305. The third kappa shape index (κ3) is 2.63. The summed E-state index contributed by atoms with van der Waals surface area (Å²) in [6, 6.07) is 4.13. The van der Waals surface area contributed by atoms with E-state index in [0.29, 0.717) is 0 Å². The predicted molar refractivity (Wildman–Crippen MR) is 85.8 cm³/mol. The van der Waals surface area contributed by atoms with E-state index in [1.807, 2.05) is 19.3 Å². The average molecular weight is 302 g/mol. The standard InChI is InChI=1S/C15H19BN2O2S/c1-10-17-8-11(9-18-10)12-6-7-13(21-12)16-19-14(2,3)15(4,5)20-16/h6-9H,1-5H3. The molecule has 0 aliphatic carbocycles. The van der Waals surface area contributed by atoms with Crippen molar-refractivity contribution in [1.82, 2.24) is 9.97 Å². The van der Waals surface area contributed by atoms with E-state index in [2.05, 4.69) is 49.8 Å². The molecule has 21 heavy (non-hydrogen) atoms. The molecule has 0 amide bonds. The van der Waals surface area contributed by atoms with Gasteiger partial charge in [0.15, 0.2) is 0 Å². The lowest BCUT2D eigenvalue weighted by atomic mass is 9.88. The summed E-state index contributed by atoms with van der Waals surface area (Å²) < 4.78 is 13.2. The number of aryl methyl sites for hydroxylation is 1. The molecule has 0 N–H and O–H groups in total. The highest BCUT2D eigenvalue weighted by Gasteiger charge is 2.52. The number of aromatic nitrogens is 2. The minimum absolute atomic E-state index is 0.305. The zero-order valence-corrected chi connectivity index (χ0v) is 13.8. The fraction of sp³-hybridized carbons (Fsp3) is 0.467. The van der Waals surface area contributed by atoms with E-state index in [0.717, 1.165) is 21.0 Å². The number of nitrogens with zero attached hydrogens (tertiary/aromatic N) is 2. The fourth-order valence-corrected chi connectivity index (χ4v) is 3.06. The van der Waals surface area contributed by atoms with Gasteiger partial charge in [0, 0.05) is 27.6 Å². The molecule has 2 aromatic rings. The first kappa shape index (κ1) is 14.7. The SMILES string of the molecule is Cc1ncc(-c2ccc(B3OC(C)(C)C(C)(C)O3)s2)cn1. The summed E-state index contributed by atoms with van der Waals surface area (Å²) in [4.78, 5) is 9.61. The van der Waals surface area contributed by atoms with Gasteiger partial charge in [-0.15, -0.1) is 11.3 Å². The van der Waals surface area contributed by atoms with Crippen molar-refractivity contribution >= 4 is 23.2 Å². The van der Waals surface area contributed by atoms with Gasteiger partial charge in [0.05, 0.1) is 11.2 Å². The Morgan fingerprint density at radius 1 is 1.00 bits per heavy atom. The zero-order chi connectivity index (χ0) is 15.3. The summed E-state index contributed by atoms with van der Waals surface area (Å²) in [5, 5.41) is 0. The van der Waals surface area contributed by atoms with Gasteiger partial charge in [-0.05, 0) is 40.7 Å². The van der Waals surface area contributed by atoms with Crippen molar-refractivity contribution in [3.05, 3.63) is 30.4 Å². The lowest BCUT2D eigenvalue weighted by molar-refractivity contribution is 0.00578. The number of thiophene rings is 1. The molecule has 1 aliphatic rings. The van der Waals surface area contributed by atoms with Crippen LogP contribution in [0.2, 0.25) is 0 Å². The summed E-state index contributed by atoms with van der Waals surface area (Å²) in [6.45, 7) is 10.1. The van der Waals surface area contributed by atoms with E-state index in [1.165, 1.54) is 0 Å². The van der Waals surface area contributed by atoms with Crippen molar-refractivity contribution in [3.8, 4) is 10.4 Å². The van der Waals surface area contributed by atoms with Gasteiger partial charge in [-0.2, -0.15) is 0 Å². The molecule has 110 valence electrons. The minimum atomic E-state index is -0.311. The van der Waals surface area contributed by atoms with Crippen LogP contribution in [-0.2, 0) is 9.31 Å². The van der Waals surface area contributed by atoms with Crippen LogP contribution in [0, 0.1) is 6.92 Å². The second-order valence-corrected chi connectivity index (χ2v) is 7.42. The average Bonchev–Trinajstić information content (AvgIpc) is 2.94. The molecule has 1 aliphatic heterocycles. The maximum absolute atomic E-state index is 6.08. The Morgan fingerprint density at radius 2 is 1.57 bits per heavy atom. The lowest BCUT2D eigenvalue weighted by Crippen LogP contribution is -2.41. The van der Waals surface area contributed by atoms with Gasteiger partial charge in [-0.25, -0.2) is 9.97 Å². The maximum atomic E-state index is 6.08.